The molecule has 0 saturated carbocycles. The van der Waals surface area contributed by atoms with Gasteiger partial charge >= 0.3 is 0 Å². The van der Waals surface area contributed by atoms with Gasteiger partial charge in [0.25, 0.3) is 0 Å². The van der Waals surface area contributed by atoms with E-state index in [0.29, 0.717) is 25.9 Å². The average Bonchev–Trinajstić information content (AvgIpc) is 3.04. The molecule has 2 fully saturated rings. The van der Waals surface area contributed by atoms with E-state index < -0.39 is 11.6 Å². The highest BCUT2D eigenvalue weighted by atomic mass is 19.1. The standard InChI is InChI=1S/C16H20F2N2O2/c17-11-3-4-15(13(18)10-11)22-12-5-8-20(9-6-12)16(21)14-2-1-7-19-14/h3-4,10,12,14,19H,1-2,5-9H2/t14-/m1/s1. The minimum atomic E-state index is -0.686. The number of nitrogens with one attached hydrogen (secondary N) is 1. The minimum Gasteiger partial charge on any atom is -0.487 e. The smallest absolute Gasteiger partial charge is 0.239 e. The number of amides is 1. The number of carbonyl (C=O) groups is 1. The van der Waals surface area contributed by atoms with Crippen molar-refractivity contribution in [3.8, 4) is 5.75 Å². The van der Waals surface area contributed by atoms with Gasteiger partial charge in [-0.3, -0.25) is 4.79 Å². The van der Waals surface area contributed by atoms with E-state index in [-0.39, 0.29) is 23.8 Å². The number of halogens is 2. The van der Waals surface area contributed by atoms with Crippen molar-refractivity contribution in [1.29, 1.82) is 0 Å². The van der Waals surface area contributed by atoms with Gasteiger partial charge in [-0.1, -0.05) is 0 Å². The summed E-state index contributed by atoms with van der Waals surface area (Å²) in [6.45, 7) is 2.13. The van der Waals surface area contributed by atoms with Gasteiger partial charge in [0.1, 0.15) is 11.9 Å². The predicted octanol–water partition coefficient (Wildman–Crippen LogP) is 2.09. The summed E-state index contributed by atoms with van der Waals surface area (Å²) in [6.07, 6.45) is 3.13. The van der Waals surface area contributed by atoms with E-state index in [0.717, 1.165) is 25.5 Å². The molecule has 0 radical (unpaired) electrons. The Morgan fingerprint density at radius 1 is 1.23 bits per heavy atom. The minimum absolute atomic E-state index is 0.0491. The molecule has 3 rings (SSSR count). The van der Waals surface area contributed by atoms with Crippen molar-refractivity contribution >= 4 is 5.91 Å². The summed E-state index contributed by atoms with van der Waals surface area (Å²) in [7, 11) is 0. The Balaban J connectivity index is 1.52. The Bertz CT molecular complexity index is 539. The number of piperidine rings is 1. The third-order valence-corrected chi connectivity index (χ3v) is 4.30. The fraction of sp³-hybridized carbons (Fsp3) is 0.562. The van der Waals surface area contributed by atoms with Crippen LogP contribution < -0.4 is 10.1 Å². The van der Waals surface area contributed by atoms with Gasteiger partial charge in [0.15, 0.2) is 11.6 Å². The van der Waals surface area contributed by atoms with E-state index in [1.54, 1.807) is 0 Å². The van der Waals surface area contributed by atoms with Crippen molar-refractivity contribution in [3.63, 3.8) is 0 Å². The molecule has 120 valence electrons. The number of ether oxygens (including phenoxy) is 1. The SMILES string of the molecule is O=C([C@H]1CCCN1)N1CCC(Oc2ccc(F)cc2F)CC1. The van der Waals surface area contributed by atoms with Crippen LogP contribution in [0.4, 0.5) is 8.78 Å². The maximum atomic E-state index is 13.6. The summed E-state index contributed by atoms with van der Waals surface area (Å²) in [5.74, 6) is -1.07. The first-order chi connectivity index (χ1) is 10.6. The molecular formula is C16H20F2N2O2. The Kier molecular flexibility index (Phi) is 4.57. The van der Waals surface area contributed by atoms with Crippen LogP contribution in [0.2, 0.25) is 0 Å². The van der Waals surface area contributed by atoms with Gasteiger partial charge in [-0.05, 0) is 31.5 Å². The van der Waals surface area contributed by atoms with Crippen molar-refractivity contribution in [1.82, 2.24) is 10.2 Å². The van der Waals surface area contributed by atoms with Crippen LogP contribution in [-0.4, -0.2) is 42.6 Å². The van der Waals surface area contributed by atoms with E-state index in [1.807, 2.05) is 4.90 Å². The van der Waals surface area contributed by atoms with Gasteiger partial charge in [-0.15, -0.1) is 0 Å². The number of likely N-dealkylation sites (tertiary alicyclic amines) is 1. The molecule has 0 bridgehead atoms. The summed E-state index contributed by atoms with van der Waals surface area (Å²) in [6, 6.07) is 3.26. The third kappa shape index (κ3) is 3.38. The molecule has 0 aromatic heterocycles. The third-order valence-electron chi connectivity index (χ3n) is 4.30. The average molecular weight is 310 g/mol. The Morgan fingerprint density at radius 2 is 2.00 bits per heavy atom. The normalized spacial score (nSPS) is 22.8. The summed E-state index contributed by atoms with van der Waals surface area (Å²) >= 11 is 0. The van der Waals surface area contributed by atoms with E-state index in [2.05, 4.69) is 5.32 Å². The van der Waals surface area contributed by atoms with Gasteiger partial charge in [0, 0.05) is 32.0 Å². The monoisotopic (exact) mass is 310 g/mol. The number of hydrogen-bond donors (Lipinski definition) is 1. The lowest BCUT2D eigenvalue weighted by Gasteiger charge is -2.33. The highest BCUT2D eigenvalue weighted by Crippen LogP contribution is 2.23. The van der Waals surface area contributed by atoms with E-state index in [1.165, 1.54) is 12.1 Å². The second-order valence-corrected chi connectivity index (χ2v) is 5.87. The second-order valence-electron chi connectivity index (χ2n) is 5.87. The molecule has 4 nitrogen and oxygen atoms in total. The van der Waals surface area contributed by atoms with E-state index in [4.69, 9.17) is 4.74 Å². The van der Waals surface area contributed by atoms with Crippen molar-refractivity contribution in [2.75, 3.05) is 19.6 Å². The van der Waals surface area contributed by atoms with Gasteiger partial charge in [-0.25, -0.2) is 8.78 Å². The summed E-state index contributed by atoms with van der Waals surface area (Å²) < 4.78 is 32.0. The van der Waals surface area contributed by atoms with Crippen LogP contribution in [0, 0.1) is 11.6 Å². The Morgan fingerprint density at radius 3 is 2.64 bits per heavy atom. The fourth-order valence-electron chi connectivity index (χ4n) is 3.06. The first kappa shape index (κ1) is 15.2. The van der Waals surface area contributed by atoms with Crippen molar-refractivity contribution < 1.29 is 18.3 Å². The molecule has 1 aromatic carbocycles. The zero-order valence-electron chi connectivity index (χ0n) is 12.4. The molecular weight excluding hydrogens is 290 g/mol. The van der Waals surface area contributed by atoms with Crippen LogP contribution in [0.25, 0.3) is 0 Å². The number of rotatable bonds is 3. The Hall–Kier alpha value is -1.69. The van der Waals surface area contributed by atoms with Gasteiger partial charge in [0.05, 0.1) is 6.04 Å². The molecule has 1 aromatic rings. The van der Waals surface area contributed by atoms with Crippen LogP contribution >= 0.6 is 0 Å². The molecule has 0 aliphatic carbocycles. The lowest BCUT2D eigenvalue weighted by atomic mass is 10.1. The van der Waals surface area contributed by atoms with Crippen molar-refractivity contribution in [3.05, 3.63) is 29.8 Å². The molecule has 2 aliphatic heterocycles. The van der Waals surface area contributed by atoms with Crippen molar-refractivity contribution in [2.24, 2.45) is 0 Å². The van der Waals surface area contributed by atoms with Gasteiger partial charge in [0.2, 0.25) is 5.91 Å². The highest BCUT2D eigenvalue weighted by molar-refractivity contribution is 5.82. The topological polar surface area (TPSA) is 41.6 Å². The molecule has 22 heavy (non-hydrogen) atoms. The van der Waals surface area contributed by atoms with E-state index in [9.17, 15) is 13.6 Å². The van der Waals surface area contributed by atoms with Crippen LogP contribution in [0.5, 0.6) is 5.75 Å². The predicted molar refractivity (Wildman–Crippen MR) is 77.6 cm³/mol. The van der Waals surface area contributed by atoms with Crippen LogP contribution in [-0.2, 0) is 4.79 Å². The molecule has 1 N–H and O–H groups in total. The Labute approximate surface area is 128 Å². The first-order valence-electron chi connectivity index (χ1n) is 7.77. The summed E-state index contributed by atoms with van der Waals surface area (Å²) in [4.78, 5) is 14.1. The molecule has 0 spiro atoms. The maximum Gasteiger partial charge on any atom is 0.239 e. The summed E-state index contributed by atoms with van der Waals surface area (Å²) in [5, 5.41) is 3.21. The molecule has 0 unspecified atom stereocenters. The quantitative estimate of drug-likeness (QED) is 0.929. The lowest BCUT2D eigenvalue weighted by molar-refractivity contribution is -0.134. The van der Waals surface area contributed by atoms with Crippen LogP contribution in [0.15, 0.2) is 18.2 Å². The molecule has 1 amide bonds. The first-order valence-corrected chi connectivity index (χ1v) is 7.77. The van der Waals surface area contributed by atoms with Crippen molar-refractivity contribution in [2.45, 2.75) is 37.8 Å². The molecule has 2 heterocycles. The molecule has 1 atom stereocenters. The second kappa shape index (κ2) is 6.60. The largest absolute Gasteiger partial charge is 0.487 e. The van der Waals surface area contributed by atoms with Crippen LogP contribution in [0.3, 0.4) is 0 Å². The number of benzene rings is 1. The lowest BCUT2D eigenvalue weighted by Crippen LogP contribution is -2.48. The summed E-state index contributed by atoms with van der Waals surface area (Å²) in [5.41, 5.74) is 0. The maximum absolute atomic E-state index is 13.6. The highest BCUT2D eigenvalue weighted by Gasteiger charge is 2.30. The van der Waals surface area contributed by atoms with E-state index >= 15 is 0 Å². The van der Waals surface area contributed by atoms with Gasteiger partial charge in [-0.2, -0.15) is 0 Å². The molecule has 6 heteroatoms. The molecule has 2 aliphatic rings. The zero-order chi connectivity index (χ0) is 15.5. The molecule has 2 saturated heterocycles. The van der Waals surface area contributed by atoms with Gasteiger partial charge < -0.3 is 15.0 Å². The fourth-order valence-corrected chi connectivity index (χ4v) is 3.06. The number of hydrogen-bond acceptors (Lipinski definition) is 3. The number of carbonyl (C=O) groups excluding carboxylic acids is 1. The number of nitrogens with zero attached hydrogens (tertiary/aromatic N) is 1. The zero-order valence-corrected chi connectivity index (χ0v) is 12.4. The van der Waals surface area contributed by atoms with Crippen LogP contribution in [0.1, 0.15) is 25.7 Å².